The Morgan fingerprint density at radius 3 is 2.23 bits per heavy atom. The third-order valence-corrected chi connectivity index (χ3v) is 5.10. The van der Waals surface area contributed by atoms with Gasteiger partial charge < -0.3 is 25.0 Å². The van der Waals surface area contributed by atoms with Crippen molar-refractivity contribution in [2.24, 2.45) is 0 Å². The second-order valence-corrected chi connectivity index (χ2v) is 9.82. The first kappa shape index (κ1) is 29.9. The van der Waals surface area contributed by atoms with Crippen molar-refractivity contribution < 1.29 is 28.7 Å². The molecule has 0 aliphatic rings. The van der Waals surface area contributed by atoms with Gasteiger partial charge in [0, 0.05) is 12.6 Å². The van der Waals surface area contributed by atoms with Gasteiger partial charge in [0.15, 0.2) is 0 Å². The fourth-order valence-corrected chi connectivity index (χ4v) is 3.54. The van der Waals surface area contributed by atoms with E-state index < -0.39 is 41.6 Å². The summed E-state index contributed by atoms with van der Waals surface area (Å²) in [7, 11) is 0. The van der Waals surface area contributed by atoms with Crippen molar-refractivity contribution in [3.8, 4) is 0 Å². The Labute approximate surface area is 208 Å². The van der Waals surface area contributed by atoms with E-state index in [1.807, 2.05) is 45.9 Å². The van der Waals surface area contributed by atoms with Crippen molar-refractivity contribution in [1.29, 1.82) is 0 Å². The van der Waals surface area contributed by atoms with Crippen molar-refractivity contribution in [2.45, 2.75) is 92.5 Å². The van der Waals surface area contributed by atoms with Crippen LogP contribution in [0.1, 0.15) is 77.6 Å². The van der Waals surface area contributed by atoms with Gasteiger partial charge in [-0.25, -0.2) is 4.79 Å². The summed E-state index contributed by atoms with van der Waals surface area (Å²) in [6.07, 6.45) is -0.699. The molecule has 9 heteroatoms. The number of esters is 1. The number of carbonyl (C=O) groups excluding carboxylic acids is 4. The summed E-state index contributed by atoms with van der Waals surface area (Å²) >= 11 is 0. The van der Waals surface area contributed by atoms with Gasteiger partial charge >= 0.3 is 12.1 Å². The first-order valence-electron chi connectivity index (χ1n) is 12.0. The largest absolute Gasteiger partial charge is 0.466 e. The van der Waals surface area contributed by atoms with Crippen LogP contribution in [-0.4, -0.2) is 59.6 Å². The number of hydrogen-bond acceptors (Lipinski definition) is 6. The van der Waals surface area contributed by atoms with Crippen LogP contribution in [0.4, 0.5) is 4.79 Å². The lowest BCUT2D eigenvalue weighted by Crippen LogP contribution is -2.54. The lowest BCUT2D eigenvalue weighted by molar-refractivity contribution is -0.145. The fraction of sp³-hybridized carbons (Fsp3) is 0.615. The van der Waals surface area contributed by atoms with Gasteiger partial charge in [-0.15, -0.1) is 0 Å². The van der Waals surface area contributed by atoms with E-state index >= 15 is 0 Å². The molecule has 0 heterocycles. The van der Waals surface area contributed by atoms with E-state index in [9.17, 15) is 19.2 Å². The van der Waals surface area contributed by atoms with Gasteiger partial charge in [0.25, 0.3) is 0 Å². The Morgan fingerprint density at radius 2 is 1.69 bits per heavy atom. The Hall–Kier alpha value is -3.10. The molecule has 2 unspecified atom stereocenters. The molecule has 2 N–H and O–H groups in total. The van der Waals surface area contributed by atoms with Crippen LogP contribution in [0.3, 0.4) is 0 Å². The zero-order valence-corrected chi connectivity index (χ0v) is 22.5. The number of benzene rings is 1. The highest BCUT2D eigenvalue weighted by Gasteiger charge is 2.37. The highest BCUT2D eigenvalue weighted by molar-refractivity contribution is 5.92. The van der Waals surface area contributed by atoms with E-state index in [2.05, 4.69) is 10.6 Å². The quantitative estimate of drug-likeness (QED) is 0.484. The van der Waals surface area contributed by atoms with Crippen LogP contribution in [0, 0.1) is 13.8 Å². The van der Waals surface area contributed by atoms with Crippen molar-refractivity contribution in [1.82, 2.24) is 15.5 Å². The molecule has 35 heavy (non-hydrogen) atoms. The SMILES string of the molecule is CCOC(=O)CCNC(=O)C(c1cc(C)ccc1C)N(C(=O)C(C)NC(=O)OC(C)(C)C)C(C)C. The molecule has 3 amide bonds. The summed E-state index contributed by atoms with van der Waals surface area (Å²) in [4.78, 5) is 52.5. The van der Waals surface area contributed by atoms with Gasteiger partial charge in [0.2, 0.25) is 11.8 Å². The van der Waals surface area contributed by atoms with Gasteiger partial charge in [-0.2, -0.15) is 0 Å². The first-order valence-corrected chi connectivity index (χ1v) is 12.0. The lowest BCUT2D eigenvalue weighted by Gasteiger charge is -2.37. The molecule has 0 spiro atoms. The Morgan fingerprint density at radius 1 is 1.06 bits per heavy atom. The number of amides is 3. The molecule has 2 atom stereocenters. The summed E-state index contributed by atoms with van der Waals surface area (Å²) in [6.45, 7) is 16.2. The van der Waals surface area contributed by atoms with E-state index in [1.165, 1.54) is 4.90 Å². The zero-order chi connectivity index (χ0) is 26.9. The highest BCUT2D eigenvalue weighted by atomic mass is 16.6. The molecule has 0 radical (unpaired) electrons. The minimum atomic E-state index is -0.965. The van der Waals surface area contributed by atoms with Crippen LogP contribution in [0.25, 0.3) is 0 Å². The Bertz CT molecular complexity index is 907. The molecular formula is C26H41N3O6. The molecule has 0 aromatic heterocycles. The normalized spacial score (nSPS) is 13.0. The third-order valence-electron chi connectivity index (χ3n) is 5.10. The van der Waals surface area contributed by atoms with Crippen molar-refractivity contribution >= 4 is 23.9 Å². The van der Waals surface area contributed by atoms with Crippen LogP contribution < -0.4 is 10.6 Å². The van der Waals surface area contributed by atoms with Gasteiger partial charge in [0.05, 0.1) is 13.0 Å². The van der Waals surface area contributed by atoms with Crippen LogP contribution >= 0.6 is 0 Å². The number of nitrogens with zero attached hydrogens (tertiary/aromatic N) is 1. The summed E-state index contributed by atoms with van der Waals surface area (Å²) in [5.74, 6) is -1.27. The van der Waals surface area contributed by atoms with E-state index in [0.717, 1.165) is 11.1 Å². The molecule has 0 fully saturated rings. The van der Waals surface area contributed by atoms with Crippen molar-refractivity contribution in [3.63, 3.8) is 0 Å². The maximum absolute atomic E-state index is 13.6. The zero-order valence-electron chi connectivity index (χ0n) is 22.5. The summed E-state index contributed by atoms with van der Waals surface area (Å²) in [5, 5.41) is 5.34. The summed E-state index contributed by atoms with van der Waals surface area (Å²) < 4.78 is 10.2. The molecule has 1 aromatic rings. The predicted molar refractivity (Wildman–Crippen MR) is 134 cm³/mol. The first-order chi connectivity index (χ1) is 16.2. The molecule has 1 rings (SSSR count). The van der Waals surface area contributed by atoms with Gasteiger partial charge in [0.1, 0.15) is 17.7 Å². The van der Waals surface area contributed by atoms with Crippen LogP contribution in [0.5, 0.6) is 0 Å². The monoisotopic (exact) mass is 491 g/mol. The number of nitrogens with one attached hydrogen (secondary N) is 2. The minimum absolute atomic E-state index is 0.0192. The number of carbonyl (C=O) groups is 4. The second-order valence-electron chi connectivity index (χ2n) is 9.82. The molecule has 0 aliphatic heterocycles. The summed E-state index contributed by atoms with van der Waals surface area (Å²) in [6, 6.07) is 3.43. The molecule has 1 aromatic carbocycles. The number of aryl methyl sites for hydroxylation is 2. The third kappa shape index (κ3) is 9.58. The van der Waals surface area contributed by atoms with Crippen LogP contribution in [-0.2, 0) is 23.9 Å². The predicted octanol–water partition coefficient (Wildman–Crippen LogP) is 3.56. The highest BCUT2D eigenvalue weighted by Crippen LogP contribution is 2.28. The van der Waals surface area contributed by atoms with Crippen molar-refractivity contribution in [3.05, 3.63) is 34.9 Å². The van der Waals surface area contributed by atoms with E-state index in [4.69, 9.17) is 9.47 Å². The number of rotatable bonds is 10. The molecule has 0 saturated heterocycles. The average Bonchev–Trinajstić information content (AvgIpc) is 2.71. The number of hydrogen-bond donors (Lipinski definition) is 2. The lowest BCUT2D eigenvalue weighted by atomic mass is 9.95. The van der Waals surface area contributed by atoms with Crippen LogP contribution in [0.2, 0.25) is 0 Å². The van der Waals surface area contributed by atoms with Gasteiger partial charge in [-0.1, -0.05) is 23.8 Å². The summed E-state index contributed by atoms with van der Waals surface area (Å²) in [5.41, 5.74) is 1.73. The minimum Gasteiger partial charge on any atom is -0.466 e. The molecule has 196 valence electrons. The van der Waals surface area contributed by atoms with Crippen LogP contribution in [0.15, 0.2) is 18.2 Å². The molecule has 0 aliphatic carbocycles. The maximum atomic E-state index is 13.6. The molecule has 0 saturated carbocycles. The Kier molecular flexibility index (Phi) is 11.2. The standard InChI is InChI=1S/C26H41N3O6/c1-10-34-21(30)13-14-27-23(31)22(20-15-17(4)11-12-18(20)5)29(16(2)3)24(32)19(6)28-25(33)35-26(7,8)9/h11-12,15-16,19,22H,10,13-14H2,1-9H3,(H,27,31)(H,28,33). The Balaban J connectivity index is 3.28. The molecule has 0 bridgehead atoms. The number of alkyl carbamates (subject to hydrolysis) is 1. The second kappa shape index (κ2) is 13.1. The topological polar surface area (TPSA) is 114 Å². The fourth-order valence-electron chi connectivity index (χ4n) is 3.54. The van der Waals surface area contributed by atoms with E-state index in [0.29, 0.717) is 5.56 Å². The van der Waals surface area contributed by atoms with E-state index in [1.54, 1.807) is 34.6 Å². The van der Waals surface area contributed by atoms with Crippen molar-refractivity contribution in [2.75, 3.05) is 13.2 Å². The smallest absolute Gasteiger partial charge is 0.408 e. The molecule has 9 nitrogen and oxygen atoms in total. The van der Waals surface area contributed by atoms with E-state index in [-0.39, 0.29) is 25.6 Å². The van der Waals surface area contributed by atoms with Gasteiger partial charge in [-0.3, -0.25) is 14.4 Å². The number of ether oxygens (including phenoxy) is 2. The maximum Gasteiger partial charge on any atom is 0.408 e. The molecular weight excluding hydrogens is 450 g/mol. The van der Waals surface area contributed by atoms with Gasteiger partial charge in [-0.05, 0) is 73.4 Å². The average molecular weight is 492 g/mol.